The Morgan fingerprint density at radius 3 is 2.41 bits per heavy atom. The number of hydrogen-bond donors (Lipinski definition) is 2. The van der Waals surface area contributed by atoms with E-state index in [2.05, 4.69) is 53.6 Å². The highest BCUT2D eigenvalue weighted by Crippen LogP contribution is 2.44. The van der Waals surface area contributed by atoms with Crippen LogP contribution in [0.2, 0.25) is 0 Å². The first-order chi connectivity index (χ1) is 13.8. The third kappa shape index (κ3) is 5.30. The van der Waals surface area contributed by atoms with Gasteiger partial charge in [-0.25, -0.2) is 4.79 Å². The van der Waals surface area contributed by atoms with Gasteiger partial charge in [-0.15, -0.1) is 0 Å². The van der Waals surface area contributed by atoms with E-state index in [-0.39, 0.29) is 29.3 Å². The van der Waals surface area contributed by atoms with Crippen LogP contribution in [0.15, 0.2) is 30.3 Å². The van der Waals surface area contributed by atoms with Crippen molar-refractivity contribution in [3.8, 4) is 0 Å². The van der Waals surface area contributed by atoms with Crippen molar-refractivity contribution in [3.63, 3.8) is 0 Å². The number of nitrogens with one attached hydrogen (secondary N) is 2. The largest absolute Gasteiger partial charge is 0.354 e. The SMILES string of the molecule is CC(C)CCNC(=O)N1CC2(CN(Cc3ccccc3)CC2C(=O)NC(C)C)C1. The van der Waals surface area contributed by atoms with E-state index in [1.54, 1.807) is 0 Å². The smallest absolute Gasteiger partial charge is 0.317 e. The summed E-state index contributed by atoms with van der Waals surface area (Å²) in [6.45, 7) is 12.8. The topological polar surface area (TPSA) is 64.7 Å². The second kappa shape index (κ2) is 9.16. The van der Waals surface area contributed by atoms with E-state index < -0.39 is 0 Å². The zero-order valence-electron chi connectivity index (χ0n) is 18.3. The Balaban J connectivity index is 1.63. The van der Waals surface area contributed by atoms with Gasteiger partial charge in [-0.1, -0.05) is 44.2 Å². The highest BCUT2D eigenvalue weighted by Gasteiger charge is 2.57. The molecule has 0 bridgehead atoms. The summed E-state index contributed by atoms with van der Waals surface area (Å²) in [4.78, 5) is 29.6. The Hall–Kier alpha value is -2.08. The molecule has 29 heavy (non-hydrogen) atoms. The summed E-state index contributed by atoms with van der Waals surface area (Å²) >= 11 is 0. The van der Waals surface area contributed by atoms with E-state index in [0.717, 1.165) is 26.1 Å². The molecule has 160 valence electrons. The fourth-order valence-electron chi connectivity index (χ4n) is 4.54. The lowest BCUT2D eigenvalue weighted by Gasteiger charge is -2.50. The zero-order chi connectivity index (χ0) is 21.0. The molecule has 2 saturated heterocycles. The van der Waals surface area contributed by atoms with E-state index in [9.17, 15) is 9.59 Å². The minimum absolute atomic E-state index is 0.000743. The van der Waals surface area contributed by atoms with Crippen LogP contribution in [-0.2, 0) is 11.3 Å². The maximum Gasteiger partial charge on any atom is 0.317 e. The third-order valence-corrected chi connectivity index (χ3v) is 6.01. The van der Waals surface area contributed by atoms with Crippen LogP contribution in [0.25, 0.3) is 0 Å². The van der Waals surface area contributed by atoms with Crippen molar-refractivity contribution in [3.05, 3.63) is 35.9 Å². The summed E-state index contributed by atoms with van der Waals surface area (Å²) in [5, 5.41) is 6.12. The van der Waals surface area contributed by atoms with Gasteiger partial charge < -0.3 is 15.5 Å². The lowest BCUT2D eigenvalue weighted by atomic mass is 9.71. The van der Waals surface area contributed by atoms with Gasteiger partial charge in [0, 0.05) is 50.7 Å². The average molecular weight is 401 g/mol. The summed E-state index contributed by atoms with van der Waals surface area (Å²) in [6.07, 6.45) is 0.981. The molecule has 1 aromatic rings. The van der Waals surface area contributed by atoms with Crippen LogP contribution in [0, 0.1) is 17.3 Å². The summed E-state index contributed by atoms with van der Waals surface area (Å²) in [6, 6.07) is 10.5. The number of hydrogen-bond acceptors (Lipinski definition) is 3. The molecule has 1 unspecified atom stereocenters. The molecule has 1 atom stereocenters. The van der Waals surface area contributed by atoms with Gasteiger partial charge >= 0.3 is 6.03 Å². The molecule has 2 aliphatic heterocycles. The zero-order valence-corrected chi connectivity index (χ0v) is 18.3. The molecule has 1 spiro atoms. The second-order valence-electron chi connectivity index (χ2n) is 9.50. The Morgan fingerprint density at radius 2 is 1.79 bits per heavy atom. The Bertz CT molecular complexity index is 698. The van der Waals surface area contributed by atoms with Crippen LogP contribution in [0.5, 0.6) is 0 Å². The number of urea groups is 1. The highest BCUT2D eigenvalue weighted by molar-refractivity contribution is 5.82. The molecule has 0 radical (unpaired) electrons. The quantitative estimate of drug-likeness (QED) is 0.740. The Labute approximate surface area is 175 Å². The minimum Gasteiger partial charge on any atom is -0.354 e. The molecule has 2 N–H and O–H groups in total. The predicted molar refractivity (Wildman–Crippen MR) is 115 cm³/mol. The average Bonchev–Trinajstić information content (AvgIpc) is 3.00. The van der Waals surface area contributed by atoms with Gasteiger partial charge in [0.25, 0.3) is 0 Å². The molecule has 3 rings (SSSR count). The molecule has 0 aliphatic carbocycles. The third-order valence-electron chi connectivity index (χ3n) is 6.01. The molecular formula is C23H36N4O2. The molecule has 6 heteroatoms. The standard InChI is InChI=1S/C23H36N4O2/c1-17(2)10-11-24-22(29)27-15-23(16-27)14-26(12-19-8-6-5-7-9-19)13-20(23)21(28)25-18(3)4/h5-9,17-18,20H,10-16H2,1-4H3,(H,24,29)(H,25,28). The summed E-state index contributed by atoms with van der Waals surface area (Å²) < 4.78 is 0. The first-order valence-electron chi connectivity index (χ1n) is 10.9. The Kier molecular flexibility index (Phi) is 6.83. The number of rotatable bonds is 7. The van der Waals surface area contributed by atoms with E-state index >= 15 is 0 Å². The summed E-state index contributed by atoms with van der Waals surface area (Å²) in [7, 11) is 0. The van der Waals surface area contributed by atoms with Crippen molar-refractivity contribution < 1.29 is 9.59 Å². The maximum absolute atomic E-state index is 12.9. The molecular weight excluding hydrogens is 364 g/mol. The highest BCUT2D eigenvalue weighted by atomic mass is 16.2. The fraction of sp³-hybridized carbons (Fsp3) is 0.652. The van der Waals surface area contributed by atoms with E-state index in [0.29, 0.717) is 25.6 Å². The van der Waals surface area contributed by atoms with Crippen LogP contribution in [-0.4, -0.2) is 60.5 Å². The number of carbonyl (C=O) groups is 2. The minimum atomic E-state index is -0.136. The van der Waals surface area contributed by atoms with Crippen molar-refractivity contribution in [1.29, 1.82) is 0 Å². The van der Waals surface area contributed by atoms with Crippen LogP contribution in [0.4, 0.5) is 4.79 Å². The van der Waals surface area contributed by atoms with Crippen LogP contribution < -0.4 is 10.6 Å². The van der Waals surface area contributed by atoms with Gasteiger partial charge in [-0.2, -0.15) is 0 Å². The van der Waals surface area contributed by atoms with E-state index in [4.69, 9.17) is 0 Å². The van der Waals surface area contributed by atoms with Crippen LogP contribution >= 0.6 is 0 Å². The summed E-state index contributed by atoms with van der Waals surface area (Å²) in [5.74, 6) is 0.618. The molecule has 0 aromatic heterocycles. The predicted octanol–water partition coefficient (Wildman–Crippen LogP) is 2.70. The van der Waals surface area contributed by atoms with E-state index in [1.165, 1.54) is 5.56 Å². The Morgan fingerprint density at radius 1 is 1.10 bits per heavy atom. The molecule has 0 saturated carbocycles. The van der Waals surface area contributed by atoms with Gasteiger partial charge in [0.1, 0.15) is 0 Å². The van der Waals surface area contributed by atoms with Crippen molar-refractivity contribution in [2.24, 2.45) is 17.3 Å². The van der Waals surface area contributed by atoms with Gasteiger partial charge in [0.15, 0.2) is 0 Å². The number of carbonyl (C=O) groups excluding carboxylic acids is 2. The normalized spacial score (nSPS) is 20.9. The van der Waals surface area contributed by atoms with Gasteiger partial charge in [0.05, 0.1) is 5.92 Å². The van der Waals surface area contributed by atoms with Gasteiger partial charge in [0.2, 0.25) is 5.91 Å². The lowest BCUT2D eigenvalue weighted by Crippen LogP contribution is -2.65. The molecule has 2 fully saturated rings. The number of likely N-dealkylation sites (tertiary alicyclic amines) is 2. The first-order valence-corrected chi connectivity index (χ1v) is 10.9. The van der Waals surface area contributed by atoms with Crippen molar-refractivity contribution >= 4 is 11.9 Å². The first kappa shape index (κ1) is 21.6. The van der Waals surface area contributed by atoms with Crippen LogP contribution in [0.3, 0.4) is 0 Å². The van der Waals surface area contributed by atoms with Crippen molar-refractivity contribution in [2.75, 3.05) is 32.7 Å². The molecule has 2 heterocycles. The number of benzene rings is 1. The maximum atomic E-state index is 12.9. The molecule has 3 amide bonds. The van der Waals surface area contributed by atoms with Gasteiger partial charge in [-0.05, 0) is 31.7 Å². The molecule has 2 aliphatic rings. The van der Waals surface area contributed by atoms with Crippen LogP contribution in [0.1, 0.15) is 39.7 Å². The molecule has 1 aromatic carbocycles. The van der Waals surface area contributed by atoms with Crippen molar-refractivity contribution in [1.82, 2.24) is 20.4 Å². The lowest BCUT2D eigenvalue weighted by molar-refractivity contribution is -0.131. The number of amides is 3. The fourth-order valence-corrected chi connectivity index (χ4v) is 4.54. The monoisotopic (exact) mass is 400 g/mol. The van der Waals surface area contributed by atoms with Gasteiger partial charge in [-0.3, -0.25) is 9.69 Å². The molecule has 6 nitrogen and oxygen atoms in total. The second-order valence-corrected chi connectivity index (χ2v) is 9.50. The summed E-state index contributed by atoms with van der Waals surface area (Å²) in [5.41, 5.74) is 1.12. The number of nitrogens with zero attached hydrogens (tertiary/aromatic N) is 2. The van der Waals surface area contributed by atoms with E-state index in [1.807, 2.05) is 24.8 Å². The van der Waals surface area contributed by atoms with Crippen molar-refractivity contribution in [2.45, 2.75) is 46.7 Å².